The lowest BCUT2D eigenvalue weighted by Crippen LogP contribution is -2.45. The fraction of sp³-hybridized carbons (Fsp3) is 0.533. The van der Waals surface area contributed by atoms with E-state index in [-0.39, 0.29) is 30.9 Å². The molecule has 0 aliphatic carbocycles. The Labute approximate surface area is 158 Å². The second-order valence-corrected chi connectivity index (χ2v) is 5.75. The second-order valence-electron chi connectivity index (χ2n) is 4.89. The summed E-state index contributed by atoms with van der Waals surface area (Å²) in [7, 11) is 3.29. The lowest BCUT2D eigenvalue weighted by Gasteiger charge is -2.34. The number of benzene rings is 1. The molecule has 1 aromatic carbocycles. The Morgan fingerprint density at radius 3 is 2.35 bits per heavy atom. The molecule has 23 heavy (non-hydrogen) atoms. The van der Waals surface area contributed by atoms with Gasteiger partial charge in [-0.1, -0.05) is 0 Å². The topological polar surface area (TPSA) is 57.5 Å². The van der Waals surface area contributed by atoms with E-state index in [0.29, 0.717) is 6.42 Å². The Balaban J connectivity index is 0.00000242. The summed E-state index contributed by atoms with van der Waals surface area (Å²) in [4.78, 5) is 2.32. The van der Waals surface area contributed by atoms with Crippen LogP contribution in [0.3, 0.4) is 0 Å². The maximum absolute atomic E-state index is 9.20. The molecule has 1 N–H and O–H groups in total. The van der Waals surface area contributed by atoms with Crippen LogP contribution >= 0.6 is 40.7 Å². The molecule has 1 saturated heterocycles. The normalized spacial score (nSPS) is 15.6. The van der Waals surface area contributed by atoms with E-state index < -0.39 is 0 Å². The number of nitriles is 1. The highest BCUT2D eigenvalue weighted by molar-refractivity contribution is 9.10. The summed E-state index contributed by atoms with van der Waals surface area (Å²) in [6, 6.07) is 6.19. The highest BCUT2D eigenvalue weighted by Crippen LogP contribution is 2.39. The summed E-state index contributed by atoms with van der Waals surface area (Å²) in [6.45, 7) is 3.73. The predicted molar refractivity (Wildman–Crippen MR) is 99.2 cm³/mol. The van der Waals surface area contributed by atoms with E-state index in [2.05, 4.69) is 32.2 Å². The van der Waals surface area contributed by atoms with Crippen LogP contribution in [0.1, 0.15) is 18.0 Å². The highest BCUT2D eigenvalue weighted by Gasteiger charge is 2.26. The Hall–Kier alpha value is -0.710. The van der Waals surface area contributed by atoms with Gasteiger partial charge in [-0.25, -0.2) is 0 Å². The molecular formula is C15H22BrCl2N3O2. The van der Waals surface area contributed by atoms with Crippen LogP contribution in [0.4, 0.5) is 0 Å². The van der Waals surface area contributed by atoms with Crippen LogP contribution in [-0.4, -0.2) is 45.3 Å². The van der Waals surface area contributed by atoms with Crippen molar-refractivity contribution in [3.8, 4) is 17.6 Å². The number of nitrogens with one attached hydrogen (secondary N) is 1. The minimum atomic E-state index is 0. The molecule has 0 amide bonds. The number of nitrogens with zero attached hydrogens (tertiary/aromatic N) is 2. The molecule has 0 radical (unpaired) electrons. The molecule has 1 aliphatic heterocycles. The van der Waals surface area contributed by atoms with Crippen molar-refractivity contribution < 1.29 is 9.47 Å². The predicted octanol–water partition coefficient (Wildman–Crippen LogP) is 3.17. The fourth-order valence-corrected chi connectivity index (χ4v) is 3.14. The number of piperazine rings is 1. The average molecular weight is 427 g/mol. The first-order valence-corrected chi connectivity index (χ1v) is 7.73. The third kappa shape index (κ3) is 5.40. The molecule has 0 unspecified atom stereocenters. The summed E-state index contributed by atoms with van der Waals surface area (Å²) >= 11 is 3.47. The fourth-order valence-electron chi connectivity index (χ4n) is 2.66. The van der Waals surface area contributed by atoms with Gasteiger partial charge in [0.2, 0.25) is 0 Å². The number of hydrogen-bond acceptors (Lipinski definition) is 5. The van der Waals surface area contributed by atoms with Gasteiger partial charge >= 0.3 is 0 Å². The zero-order chi connectivity index (χ0) is 15.2. The maximum Gasteiger partial charge on any atom is 0.133 e. The number of hydrogen-bond donors (Lipinski definition) is 1. The van der Waals surface area contributed by atoms with Gasteiger partial charge < -0.3 is 14.8 Å². The minimum absolute atomic E-state index is 0. The van der Waals surface area contributed by atoms with Gasteiger partial charge in [-0.3, -0.25) is 4.90 Å². The number of methoxy groups -OCH3 is 2. The Kier molecular flexibility index (Phi) is 10.6. The summed E-state index contributed by atoms with van der Waals surface area (Å²) < 4.78 is 11.7. The van der Waals surface area contributed by atoms with Crippen LogP contribution in [0.25, 0.3) is 0 Å². The van der Waals surface area contributed by atoms with Crippen molar-refractivity contribution in [1.29, 1.82) is 5.26 Å². The molecule has 1 heterocycles. The van der Waals surface area contributed by atoms with Crippen molar-refractivity contribution in [3.05, 3.63) is 22.2 Å². The number of halogens is 3. The highest BCUT2D eigenvalue weighted by atomic mass is 79.9. The van der Waals surface area contributed by atoms with Gasteiger partial charge in [-0.2, -0.15) is 5.26 Å². The van der Waals surface area contributed by atoms with Crippen LogP contribution in [-0.2, 0) is 0 Å². The Morgan fingerprint density at radius 1 is 1.22 bits per heavy atom. The summed E-state index contributed by atoms with van der Waals surface area (Å²) in [5.74, 6) is 1.53. The van der Waals surface area contributed by atoms with Gasteiger partial charge in [0.15, 0.2) is 0 Å². The van der Waals surface area contributed by atoms with Crippen molar-refractivity contribution >= 4 is 40.7 Å². The van der Waals surface area contributed by atoms with Gasteiger partial charge in [0.25, 0.3) is 0 Å². The van der Waals surface area contributed by atoms with E-state index in [4.69, 9.17) is 9.47 Å². The van der Waals surface area contributed by atoms with Crippen LogP contribution in [0.15, 0.2) is 16.6 Å². The Morgan fingerprint density at radius 2 is 1.83 bits per heavy atom. The van der Waals surface area contributed by atoms with Crippen molar-refractivity contribution in [1.82, 2.24) is 10.2 Å². The zero-order valence-corrected chi connectivity index (χ0v) is 16.4. The van der Waals surface area contributed by atoms with E-state index in [1.54, 1.807) is 14.2 Å². The van der Waals surface area contributed by atoms with Gasteiger partial charge in [-0.15, -0.1) is 24.8 Å². The smallest absolute Gasteiger partial charge is 0.133 e. The quantitative estimate of drug-likeness (QED) is 0.783. The molecule has 1 aromatic rings. The molecular weight excluding hydrogens is 405 g/mol. The minimum Gasteiger partial charge on any atom is -0.496 e. The van der Waals surface area contributed by atoms with E-state index in [9.17, 15) is 5.26 Å². The maximum atomic E-state index is 9.20. The van der Waals surface area contributed by atoms with Crippen LogP contribution < -0.4 is 14.8 Å². The first-order chi connectivity index (χ1) is 10.2. The first-order valence-electron chi connectivity index (χ1n) is 6.94. The molecule has 1 aliphatic rings. The molecule has 1 atom stereocenters. The molecule has 0 aromatic heterocycles. The number of ether oxygens (including phenoxy) is 2. The first kappa shape index (κ1) is 22.3. The van der Waals surface area contributed by atoms with Crippen LogP contribution in [0.2, 0.25) is 0 Å². The second kappa shape index (κ2) is 11.0. The third-order valence-electron chi connectivity index (χ3n) is 3.74. The SMILES string of the molecule is COc1cc([C@H](CC#N)N2CCNCC2)c(OC)cc1Br.Cl.Cl. The standard InChI is InChI=1S/C15H20BrN3O2.2ClH/c1-20-14-10-12(16)15(21-2)9-11(14)13(3-4-17)19-7-5-18-6-8-19;;/h9-10,13,18H,3,5-8H2,1-2H3;2*1H/t13-;;/m0../s1. The van der Waals surface area contributed by atoms with Crippen molar-refractivity contribution in [2.45, 2.75) is 12.5 Å². The summed E-state index contributed by atoms with van der Waals surface area (Å²) in [5.41, 5.74) is 1.00. The van der Waals surface area contributed by atoms with Crippen molar-refractivity contribution in [3.63, 3.8) is 0 Å². The lowest BCUT2D eigenvalue weighted by molar-refractivity contribution is 0.172. The monoisotopic (exact) mass is 425 g/mol. The van der Waals surface area contributed by atoms with E-state index in [1.165, 1.54) is 0 Å². The lowest BCUT2D eigenvalue weighted by atomic mass is 10.00. The third-order valence-corrected chi connectivity index (χ3v) is 4.36. The van der Waals surface area contributed by atoms with E-state index in [1.807, 2.05) is 12.1 Å². The van der Waals surface area contributed by atoms with E-state index in [0.717, 1.165) is 47.7 Å². The zero-order valence-electron chi connectivity index (χ0n) is 13.2. The Bertz CT molecular complexity index is 534. The van der Waals surface area contributed by atoms with Gasteiger partial charge in [0.05, 0.1) is 37.2 Å². The van der Waals surface area contributed by atoms with Crippen molar-refractivity contribution in [2.75, 3.05) is 40.4 Å². The van der Waals surface area contributed by atoms with Gasteiger partial charge in [-0.05, 0) is 28.1 Å². The largest absolute Gasteiger partial charge is 0.496 e. The molecule has 1 fully saturated rings. The molecule has 0 bridgehead atoms. The van der Waals surface area contributed by atoms with Gasteiger partial charge in [0.1, 0.15) is 11.5 Å². The molecule has 8 heteroatoms. The molecule has 0 spiro atoms. The van der Waals surface area contributed by atoms with Crippen molar-refractivity contribution in [2.24, 2.45) is 0 Å². The van der Waals surface area contributed by atoms with E-state index >= 15 is 0 Å². The van der Waals surface area contributed by atoms with Crippen LogP contribution in [0.5, 0.6) is 11.5 Å². The van der Waals surface area contributed by atoms with Crippen LogP contribution in [0, 0.1) is 11.3 Å². The average Bonchev–Trinajstić information content (AvgIpc) is 2.53. The molecule has 5 nitrogen and oxygen atoms in total. The van der Waals surface area contributed by atoms with Gasteiger partial charge in [0, 0.05) is 31.7 Å². The summed E-state index contributed by atoms with van der Waals surface area (Å²) in [5, 5.41) is 12.5. The molecule has 2 rings (SSSR count). The summed E-state index contributed by atoms with van der Waals surface area (Å²) in [6.07, 6.45) is 0.432. The molecule has 130 valence electrons. The number of rotatable bonds is 5. The molecule has 0 saturated carbocycles.